The Balaban J connectivity index is 2.44. The lowest BCUT2D eigenvalue weighted by Crippen LogP contribution is -2.19. The van der Waals surface area contributed by atoms with Crippen LogP contribution in [0.4, 0.5) is 0 Å². The second kappa shape index (κ2) is 2.29. The summed E-state index contributed by atoms with van der Waals surface area (Å²) in [6.07, 6.45) is 1.50. The Morgan fingerprint density at radius 1 is 1.50 bits per heavy atom. The minimum absolute atomic E-state index is 0.611. The molecule has 0 saturated carbocycles. The first-order chi connectivity index (χ1) is 3.60. The van der Waals surface area contributed by atoms with E-state index in [1.165, 1.54) is 6.42 Å². The molecule has 1 rings (SSSR count). The van der Waals surface area contributed by atoms with Crippen LogP contribution in [0.2, 0.25) is 25.2 Å². The van der Waals surface area contributed by atoms with Crippen LogP contribution in [0.1, 0.15) is 6.42 Å². The zero-order chi connectivity index (χ0) is 6.20. The van der Waals surface area contributed by atoms with Gasteiger partial charge < -0.3 is 0 Å². The van der Waals surface area contributed by atoms with Crippen LogP contribution in [0.3, 0.4) is 0 Å². The Bertz CT molecular complexity index is 90.5. The largest absolute Gasteiger partial charge is 0.0829 e. The van der Waals surface area contributed by atoms with Crippen molar-refractivity contribution in [3.8, 4) is 0 Å². The van der Waals surface area contributed by atoms with Gasteiger partial charge in [-0.25, -0.2) is 0 Å². The van der Waals surface area contributed by atoms with Crippen LogP contribution in [0.5, 0.6) is 0 Å². The van der Waals surface area contributed by atoms with Crippen molar-refractivity contribution < 1.29 is 0 Å². The molecule has 48 valence electrons. The third kappa shape index (κ3) is 1.72. The lowest BCUT2D eigenvalue weighted by Gasteiger charge is -2.11. The average molecular weight is 240 g/mol. The average Bonchev–Trinajstić information content (AvgIpc) is 1.82. The molecular formula is C6H13ISi. The maximum absolute atomic E-state index is 2.59. The lowest BCUT2D eigenvalue weighted by molar-refractivity contribution is 0.989. The second-order valence-electron chi connectivity index (χ2n) is 3.50. The highest BCUT2D eigenvalue weighted by Crippen LogP contribution is 2.34. The summed E-state index contributed by atoms with van der Waals surface area (Å²) in [5.74, 6) is 0. The molecule has 1 aliphatic heterocycles. The van der Waals surface area contributed by atoms with Crippen molar-refractivity contribution in [1.82, 2.24) is 0 Å². The van der Waals surface area contributed by atoms with E-state index in [1.54, 1.807) is 12.1 Å². The molecule has 1 aliphatic rings. The van der Waals surface area contributed by atoms with E-state index in [-0.39, 0.29) is 0 Å². The zero-order valence-electron chi connectivity index (χ0n) is 5.58. The molecule has 0 nitrogen and oxygen atoms in total. The van der Waals surface area contributed by atoms with E-state index in [0.29, 0.717) is 0 Å². The van der Waals surface area contributed by atoms with Crippen molar-refractivity contribution >= 4 is 30.7 Å². The molecule has 0 bridgehead atoms. The van der Waals surface area contributed by atoms with E-state index in [4.69, 9.17) is 0 Å². The van der Waals surface area contributed by atoms with E-state index in [9.17, 15) is 0 Å². The Hall–Kier alpha value is 0.947. The van der Waals surface area contributed by atoms with E-state index in [2.05, 4.69) is 35.7 Å². The highest BCUT2D eigenvalue weighted by molar-refractivity contribution is 14.1. The second-order valence-corrected chi connectivity index (χ2v) is 10.5. The van der Waals surface area contributed by atoms with Crippen LogP contribution in [0.15, 0.2) is 0 Å². The fraction of sp³-hybridized carbons (Fsp3) is 1.00. The predicted octanol–water partition coefficient (Wildman–Crippen LogP) is 2.90. The van der Waals surface area contributed by atoms with Gasteiger partial charge in [-0.15, -0.1) is 0 Å². The summed E-state index contributed by atoms with van der Waals surface area (Å²) in [6.45, 7) is 5.01. The van der Waals surface area contributed by atoms with Gasteiger partial charge in [-0.05, 0) is 12.5 Å². The summed E-state index contributed by atoms with van der Waals surface area (Å²) in [7, 11) is -0.611. The molecule has 0 radical (unpaired) electrons. The first-order valence-electron chi connectivity index (χ1n) is 3.24. The molecule has 0 aromatic carbocycles. The standard InChI is InChI=1S/C6H13ISi/c1-8(2)4-3-6(7)5-8/h6H,3-5H2,1-2H3/t6-/m0/s1. The monoisotopic (exact) mass is 240 g/mol. The fourth-order valence-electron chi connectivity index (χ4n) is 1.35. The van der Waals surface area contributed by atoms with Crippen molar-refractivity contribution in [2.75, 3.05) is 0 Å². The highest BCUT2D eigenvalue weighted by atomic mass is 127. The SMILES string of the molecule is C[Si]1(C)CC[C@H](I)C1. The van der Waals surface area contributed by atoms with Gasteiger partial charge in [0.25, 0.3) is 0 Å². The van der Waals surface area contributed by atoms with Gasteiger partial charge in [0.2, 0.25) is 0 Å². The van der Waals surface area contributed by atoms with Gasteiger partial charge >= 0.3 is 0 Å². The van der Waals surface area contributed by atoms with Gasteiger partial charge in [0.1, 0.15) is 0 Å². The Morgan fingerprint density at radius 2 is 2.12 bits per heavy atom. The molecule has 0 unspecified atom stereocenters. The van der Waals surface area contributed by atoms with Gasteiger partial charge in [-0.2, -0.15) is 0 Å². The summed E-state index contributed by atoms with van der Waals surface area (Å²) >= 11 is 2.59. The molecule has 2 heteroatoms. The molecule has 0 N–H and O–H groups in total. The number of alkyl halides is 1. The van der Waals surface area contributed by atoms with E-state index in [1.807, 2.05) is 0 Å². The normalized spacial score (nSPS) is 35.6. The third-order valence-electron chi connectivity index (χ3n) is 1.91. The first-order valence-corrected chi connectivity index (χ1v) is 7.90. The minimum Gasteiger partial charge on any atom is -0.0829 e. The molecule has 0 amide bonds. The van der Waals surface area contributed by atoms with Gasteiger partial charge in [0.15, 0.2) is 0 Å². The zero-order valence-corrected chi connectivity index (χ0v) is 8.73. The molecular weight excluding hydrogens is 227 g/mol. The smallest absolute Gasteiger partial charge is 0.0484 e. The predicted molar refractivity (Wildman–Crippen MR) is 49.5 cm³/mol. The van der Waals surface area contributed by atoms with Gasteiger partial charge in [0, 0.05) is 12.0 Å². The number of hydrogen-bond acceptors (Lipinski definition) is 0. The summed E-state index contributed by atoms with van der Waals surface area (Å²) < 4.78 is 1.02. The molecule has 1 fully saturated rings. The van der Waals surface area contributed by atoms with Crippen LogP contribution in [-0.4, -0.2) is 12.0 Å². The van der Waals surface area contributed by atoms with Crippen LogP contribution in [-0.2, 0) is 0 Å². The Kier molecular flexibility index (Phi) is 2.02. The van der Waals surface area contributed by atoms with Crippen molar-refractivity contribution in [2.24, 2.45) is 0 Å². The lowest BCUT2D eigenvalue weighted by atomic mass is 10.4. The molecule has 1 heterocycles. The number of halogens is 1. The molecule has 1 atom stereocenters. The molecule has 0 spiro atoms. The number of hydrogen-bond donors (Lipinski definition) is 0. The topological polar surface area (TPSA) is 0 Å². The van der Waals surface area contributed by atoms with Crippen molar-refractivity contribution in [2.45, 2.75) is 35.5 Å². The van der Waals surface area contributed by atoms with Crippen LogP contribution in [0, 0.1) is 0 Å². The van der Waals surface area contributed by atoms with Crippen molar-refractivity contribution in [3.05, 3.63) is 0 Å². The van der Waals surface area contributed by atoms with Crippen LogP contribution >= 0.6 is 22.6 Å². The summed E-state index contributed by atoms with van der Waals surface area (Å²) in [4.78, 5) is 0. The third-order valence-corrected chi connectivity index (χ3v) is 7.04. The quantitative estimate of drug-likeness (QED) is 0.347. The van der Waals surface area contributed by atoms with E-state index >= 15 is 0 Å². The molecule has 0 aromatic rings. The molecule has 1 saturated heterocycles. The summed E-state index contributed by atoms with van der Waals surface area (Å²) in [5, 5.41) is 0. The summed E-state index contributed by atoms with van der Waals surface area (Å²) in [6, 6.07) is 3.13. The fourth-order valence-corrected chi connectivity index (χ4v) is 8.56. The maximum Gasteiger partial charge on any atom is 0.0484 e. The van der Waals surface area contributed by atoms with Crippen molar-refractivity contribution in [1.29, 1.82) is 0 Å². The van der Waals surface area contributed by atoms with E-state index < -0.39 is 8.07 Å². The Morgan fingerprint density at radius 3 is 2.25 bits per heavy atom. The molecule has 0 aliphatic carbocycles. The van der Waals surface area contributed by atoms with Gasteiger partial charge in [0.05, 0.1) is 0 Å². The minimum atomic E-state index is -0.611. The first kappa shape index (κ1) is 7.06. The highest BCUT2D eigenvalue weighted by Gasteiger charge is 2.30. The van der Waals surface area contributed by atoms with Crippen molar-refractivity contribution in [3.63, 3.8) is 0 Å². The van der Waals surface area contributed by atoms with Gasteiger partial charge in [-0.1, -0.05) is 41.7 Å². The van der Waals surface area contributed by atoms with Gasteiger partial charge in [-0.3, -0.25) is 0 Å². The Labute approximate surface area is 66.2 Å². The maximum atomic E-state index is 2.59. The summed E-state index contributed by atoms with van der Waals surface area (Å²) in [5.41, 5.74) is 0. The van der Waals surface area contributed by atoms with Crippen LogP contribution < -0.4 is 0 Å². The molecule has 8 heavy (non-hydrogen) atoms. The van der Waals surface area contributed by atoms with E-state index in [0.717, 1.165) is 3.92 Å². The molecule has 0 aromatic heterocycles. The number of rotatable bonds is 0. The van der Waals surface area contributed by atoms with Crippen LogP contribution in [0.25, 0.3) is 0 Å².